The minimum atomic E-state index is -0.300. The maximum atomic E-state index is 12.9. The number of aromatic nitrogens is 1. The molecule has 0 aliphatic heterocycles. The molecule has 1 aromatic carbocycles. The average molecular weight is 212 g/mol. The van der Waals surface area contributed by atoms with E-state index in [4.69, 9.17) is 16.0 Å². The minimum absolute atomic E-state index is 0.218. The summed E-state index contributed by atoms with van der Waals surface area (Å²) in [4.78, 5) is 3.92. The van der Waals surface area contributed by atoms with Crippen LogP contribution < -0.4 is 0 Å². The topological polar surface area (TPSA) is 26.0 Å². The van der Waals surface area contributed by atoms with Gasteiger partial charge in [0.05, 0.1) is 12.1 Å². The fourth-order valence-corrected chi connectivity index (χ4v) is 1.27. The number of rotatable bonds is 2. The molecule has 4 heteroatoms. The third-order valence-electron chi connectivity index (χ3n) is 1.78. The quantitative estimate of drug-likeness (QED) is 0.713. The van der Waals surface area contributed by atoms with E-state index in [0.717, 1.165) is 0 Å². The molecule has 0 N–H and O–H groups in total. The molecule has 2 aromatic rings. The van der Waals surface area contributed by atoms with Crippen molar-refractivity contribution in [3.05, 3.63) is 42.2 Å². The molecule has 0 radical (unpaired) electrons. The van der Waals surface area contributed by atoms with Crippen LogP contribution in [0.3, 0.4) is 0 Å². The molecule has 0 amide bonds. The Labute approximate surface area is 85.3 Å². The summed E-state index contributed by atoms with van der Waals surface area (Å²) in [6, 6.07) is 6.13. The molecule has 0 fully saturated rings. The fraction of sp³-hybridized carbons (Fsp3) is 0.100. The van der Waals surface area contributed by atoms with Crippen molar-refractivity contribution in [3.63, 3.8) is 0 Å². The Hall–Kier alpha value is -1.35. The largest absolute Gasteiger partial charge is 0.439 e. The Kier molecular flexibility index (Phi) is 2.50. The molecule has 0 unspecified atom stereocenters. The van der Waals surface area contributed by atoms with Crippen molar-refractivity contribution in [2.75, 3.05) is 0 Å². The number of oxazole rings is 1. The van der Waals surface area contributed by atoms with E-state index < -0.39 is 0 Å². The summed E-state index contributed by atoms with van der Waals surface area (Å²) in [5.41, 5.74) is 0.661. The van der Waals surface area contributed by atoms with Gasteiger partial charge in [0.2, 0.25) is 5.89 Å². The highest BCUT2D eigenvalue weighted by atomic mass is 35.5. The van der Waals surface area contributed by atoms with Gasteiger partial charge in [0.25, 0.3) is 0 Å². The molecule has 2 nitrogen and oxygen atoms in total. The lowest BCUT2D eigenvalue weighted by Gasteiger charge is -1.94. The normalized spacial score (nSPS) is 10.4. The second-order valence-electron chi connectivity index (χ2n) is 2.76. The predicted octanol–water partition coefficient (Wildman–Crippen LogP) is 3.22. The summed E-state index contributed by atoms with van der Waals surface area (Å²) in [5, 5.41) is 0. The van der Waals surface area contributed by atoms with Crippen molar-refractivity contribution < 1.29 is 8.81 Å². The zero-order valence-electron chi connectivity index (χ0n) is 7.21. The van der Waals surface area contributed by atoms with Crippen LogP contribution >= 0.6 is 11.6 Å². The summed E-state index contributed by atoms with van der Waals surface area (Å²) in [5.74, 6) is 0.882. The van der Waals surface area contributed by atoms with Gasteiger partial charge in [-0.1, -0.05) is 12.1 Å². The molecule has 0 aliphatic rings. The Balaban J connectivity index is 2.39. The fourth-order valence-electron chi connectivity index (χ4n) is 1.15. The molecular weight excluding hydrogens is 205 g/mol. The van der Waals surface area contributed by atoms with Gasteiger partial charge in [0.15, 0.2) is 5.76 Å². The molecule has 0 bridgehead atoms. The third kappa shape index (κ3) is 1.77. The number of hydrogen-bond donors (Lipinski definition) is 0. The van der Waals surface area contributed by atoms with Crippen molar-refractivity contribution in [1.29, 1.82) is 0 Å². The first kappa shape index (κ1) is 9.21. The van der Waals surface area contributed by atoms with Crippen LogP contribution in [0, 0.1) is 5.82 Å². The lowest BCUT2D eigenvalue weighted by atomic mass is 10.2. The molecule has 0 aliphatic carbocycles. The highest BCUT2D eigenvalue weighted by Crippen LogP contribution is 2.21. The van der Waals surface area contributed by atoms with Crippen LogP contribution in [-0.4, -0.2) is 4.98 Å². The number of alkyl halides is 1. The summed E-state index contributed by atoms with van der Waals surface area (Å²) in [6.45, 7) is 0. The predicted molar refractivity (Wildman–Crippen MR) is 51.5 cm³/mol. The van der Waals surface area contributed by atoms with E-state index in [2.05, 4.69) is 4.98 Å². The second-order valence-corrected chi connectivity index (χ2v) is 3.03. The molecule has 1 aromatic heterocycles. The molecule has 0 atom stereocenters. The first-order chi connectivity index (χ1) is 6.79. The van der Waals surface area contributed by atoms with E-state index in [-0.39, 0.29) is 11.7 Å². The van der Waals surface area contributed by atoms with Crippen LogP contribution in [0.1, 0.15) is 5.89 Å². The van der Waals surface area contributed by atoms with Crippen LogP contribution in [-0.2, 0) is 5.88 Å². The van der Waals surface area contributed by atoms with E-state index >= 15 is 0 Å². The summed E-state index contributed by atoms with van der Waals surface area (Å²) < 4.78 is 18.1. The van der Waals surface area contributed by atoms with Gasteiger partial charge < -0.3 is 4.42 Å². The number of halogens is 2. The molecule has 72 valence electrons. The Morgan fingerprint density at radius 1 is 1.43 bits per heavy atom. The highest BCUT2D eigenvalue weighted by Gasteiger charge is 2.05. The van der Waals surface area contributed by atoms with Gasteiger partial charge in [-0.15, -0.1) is 11.6 Å². The highest BCUT2D eigenvalue weighted by molar-refractivity contribution is 6.16. The van der Waals surface area contributed by atoms with E-state index in [1.54, 1.807) is 12.1 Å². The van der Waals surface area contributed by atoms with Crippen molar-refractivity contribution in [2.45, 2.75) is 5.88 Å². The van der Waals surface area contributed by atoms with Gasteiger partial charge in [0.1, 0.15) is 5.82 Å². The SMILES string of the molecule is Fc1cccc(-c2cnc(CCl)o2)c1. The van der Waals surface area contributed by atoms with Crippen molar-refractivity contribution in [3.8, 4) is 11.3 Å². The van der Waals surface area contributed by atoms with Crippen LogP contribution in [0.2, 0.25) is 0 Å². The molecule has 2 rings (SSSR count). The summed E-state index contributed by atoms with van der Waals surface area (Å²) in [6.07, 6.45) is 1.53. The maximum absolute atomic E-state index is 12.9. The first-order valence-electron chi connectivity index (χ1n) is 4.06. The van der Waals surface area contributed by atoms with E-state index in [1.165, 1.54) is 18.3 Å². The zero-order valence-corrected chi connectivity index (χ0v) is 7.96. The van der Waals surface area contributed by atoms with E-state index in [9.17, 15) is 4.39 Å². The lowest BCUT2D eigenvalue weighted by Crippen LogP contribution is -1.76. The Bertz CT molecular complexity index is 441. The van der Waals surface area contributed by atoms with Gasteiger partial charge in [-0.2, -0.15) is 0 Å². The maximum Gasteiger partial charge on any atom is 0.209 e. The van der Waals surface area contributed by atoms with Gasteiger partial charge in [-0.25, -0.2) is 9.37 Å². The minimum Gasteiger partial charge on any atom is -0.439 e. The molecule has 0 saturated heterocycles. The average Bonchev–Trinajstić information content (AvgIpc) is 2.66. The van der Waals surface area contributed by atoms with Gasteiger partial charge in [-0.3, -0.25) is 0 Å². The Morgan fingerprint density at radius 2 is 2.29 bits per heavy atom. The molecule has 0 spiro atoms. The monoisotopic (exact) mass is 211 g/mol. The Morgan fingerprint density at radius 3 is 2.93 bits per heavy atom. The van der Waals surface area contributed by atoms with Crippen LogP contribution in [0.4, 0.5) is 4.39 Å². The standard InChI is InChI=1S/C10H7ClFNO/c11-5-10-13-6-9(14-10)7-2-1-3-8(12)4-7/h1-4,6H,5H2. The van der Waals surface area contributed by atoms with Gasteiger partial charge >= 0.3 is 0 Å². The number of hydrogen-bond acceptors (Lipinski definition) is 2. The molecule has 0 saturated carbocycles. The van der Waals surface area contributed by atoms with Gasteiger partial charge in [-0.05, 0) is 12.1 Å². The summed E-state index contributed by atoms with van der Waals surface area (Å²) in [7, 11) is 0. The molecule has 1 heterocycles. The van der Waals surface area contributed by atoms with Crippen molar-refractivity contribution in [2.24, 2.45) is 0 Å². The first-order valence-corrected chi connectivity index (χ1v) is 4.59. The van der Waals surface area contributed by atoms with Crippen LogP contribution in [0.25, 0.3) is 11.3 Å². The van der Waals surface area contributed by atoms with Crippen molar-refractivity contribution in [1.82, 2.24) is 4.98 Å². The third-order valence-corrected chi connectivity index (χ3v) is 2.01. The molecular formula is C10H7ClFNO. The zero-order chi connectivity index (χ0) is 9.97. The van der Waals surface area contributed by atoms with E-state index in [1.807, 2.05) is 0 Å². The van der Waals surface area contributed by atoms with Crippen LogP contribution in [0.5, 0.6) is 0 Å². The lowest BCUT2D eigenvalue weighted by molar-refractivity contribution is 0.528. The summed E-state index contributed by atoms with van der Waals surface area (Å²) >= 11 is 5.53. The number of nitrogens with zero attached hydrogens (tertiary/aromatic N) is 1. The van der Waals surface area contributed by atoms with Crippen LogP contribution in [0.15, 0.2) is 34.9 Å². The smallest absolute Gasteiger partial charge is 0.209 e. The van der Waals surface area contributed by atoms with Gasteiger partial charge in [0, 0.05) is 5.56 Å². The van der Waals surface area contributed by atoms with Crippen molar-refractivity contribution >= 4 is 11.6 Å². The van der Waals surface area contributed by atoms with E-state index in [0.29, 0.717) is 17.2 Å². The molecule has 14 heavy (non-hydrogen) atoms. The second kappa shape index (κ2) is 3.80. The number of benzene rings is 1.